The standard InChI is InChI=1S/C20H17F2NO4S2/c1-3-27-20(24)18-19(15(11-28-18)13-6-4-12(2)5-7-13)29(25,26)23-17-9-8-14(21)10-16(17)22/h4-11,23H,3H2,1-2H3. The van der Waals surface area contributed by atoms with Gasteiger partial charge < -0.3 is 4.74 Å². The Bertz CT molecular complexity index is 1160. The maximum Gasteiger partial charge on any atom is 0.349 e. The van der Waals surface area contributed by atoms with Gasteiger partial charge in [0.25, 0.3) is 10.0 Å². The summed E-state index contributed by atoms with van der Waals surface area (Å²) in [7, 11) is -4.39. The maximum atomic E-state index is 14.0. The molecule has 3 aromatic rings. The van der Waals surface area contributed by atoms with E-state index in [4.69, 9.17) is 4.74 Å². The van der Waals surface area contributed by atoms with Gasteiger partial charge in [0.1, 0.15) is 21.4 Å². The molecule has 1 aromatic heterocycles. The van der Waals surface area contributed by atoms with Crippen LogP contribution in [0.2, 0.25) is 0 Å². The van der Waals surface area contributed by atoms with E-state index < -0.39 is 33.3 Å². The summed E-state index contributed by atoms with van der Waals surface area (Å²) in [6, 6.07) is 9.54. The number of esters is 1. The first-order chi connectivity index (χ1) is 13.7. The summed E-state index contributed by atoms with van der Waals surface area (Å²) in [5.41, 5.74) is 1.41. The van der Waals surface area contributed by atoms with Gasteiger partial charge in [0, 0.05) is 17.0 Å². The van der Waals surface area contributed by atoms with Gasteiger partial charge in [-0.25, -0.2) is 22.0 Å². The predicted molar refractivity (Wildman–Crippen MR) is 108 cm³/mol. The van der Waals surface area contributed by atoms with Crippen molar-refractivity contribution < 1.29 is 26.7 Å². The molecule has 0 radical (unpaired) electrons. The topological polar surface area (TPSA) is 72.5 Å². The predicted octanol–water partition coefficient (Wildman–Crippen LogP) is 4.98. The zero-order valence-corrected chi connectivity index (χ0v) is 17.2. The lowest BCUT2D eigenvalue weighted by Crippen LogP contribution is -2.18. The van der Waals surface area contributed by atoms with E-state index in [0.29, 0.717) is 11.6 Å². The Morgan fingerprint density at radius 3 is 2.45 bits per heavy atom. The number of carbonyl (C=O) groups is 1. The van der Waals surface area contributed by atoms with Gasteiger partial charge in [-0.2, -0.15) is 0 Å². The molecule has 9 heteroatoms. The molecule has 0 saturated carbocycles. The monoisotopic (exact) mass is 437 g/mol. The zero-order valence-electron chi connectivity index (χ0n) is 15.5. The zero-order chi connectivity index (χ0) is 21.2. The van der Waals surface area contributed by atoms with Gasteiger partial charge in [0.2, 0.25) is 0 Å². The van der Waals surface area contributed by atoms with Crippen LogP contribution in [0.4, 0.5) is 14.5 Å². The smallest absolute Gasteiger partial charge is 0.349 e. The van der Waals surface area contributed by atoms with E-state index >= 15 is 0 Å². The molecule has 5 nitrogen and oxygen atoms in total. The van der Waals surface area contributed by atoms with Crippen LogP contribution in [0.1, 0.15) is 22.2 Å². The van der Waals surface area contributed by atoms with Crippen LogP contribution in [0.15, 0.2) is 52.7 Å². The number of hydrogen-bond acceptors (Lipinski definition) is 5. The van der Waals surface area contributed by atoms with E-state index in [0.717, 1.165) is 29.0 Å². The third kappa shape index (κ3) is 4.46. The summed E-state index contributed by atoms with van der Waals surface area (Å²) in [5, 5.41) is 1.53. The Balaban J connectivity index is 2.14. The summed E-state index contributed by atoms with van der Waals surface area (Å²) in [5.74, 6) is -2.71. The molecule has 0 unspecified atom stereocenters. The fraction of sp³-hybridized carbons (Fsp3) is 0.150. The average Bonchev–Trinajstić information content (AvgIpc) is 3.11. The number of carbonyl (C=O) groups excluding carboxylic acids is 1. The number of halogens is 2. The van der Waals surface area contributed by atoms with Gasteiger partial charge >= 0.3 is 5.97 Å². The first kappa shape index (κ1) is 20.9. The minimum Gasteiger partial charge on any atom is -0.462 e. The Morgan fingerprint density at radius 2 is 1.83 bits per heavy atom. The van der Waals surface area contributed by atoms with Crippen LogP contribution in [-0.4, -0.2) is 21.0 Å². The van der Waals surface area contributed by atoms with E-state index in [1.807, 2.05) is 6.92 Å². The van der Waals surface area contributed by atoms with Crippen molar-refractivity contribution in [2.24, 2.45) is 0 Å². The van der Waals surface area contributed by atoms with Crippen LogP contribution < -0.4 is 4.72 Å². The molecular formula is C20H17F2NO4S2. The molecule has 3 rings (SSSR count). The van der Waals surface area contributed by atoms with Crippen LogP contribution in [0.25, 0.3) is 11.1 Å². The molecule has 29 heavy (non-hydrogen) atoms. The van der Waals surface area contributed by atoms with Gasteiger partial charge in [0.05, 0.1) is 12.3 Å². The summed E-state index contributed by atoms with van der Waals surface area (Å²) in [4.78, 5) is 11.9. The Kier molecular flexibility index (Phi) is 5.99. The molecule has 1 heterocycles. The van der Waals surface area contributed by atoms with Crippen molar-refractivity contribution in [2.45, 2.75) is 18.7 Å². The van der Waals surface area contributed by atoms with Crippen molar-refractivity contribution in [2.75, 3.05) is 11.3 Å². The number of anilines is 1. The van der Waals surface area contributed by atoms with E-state index in [2.05, 4.69) is 4.72 Å². The summed E-state index contributed by atoms with van der Waals surface area (Å²) < 4.78 is 60.5. The lowest BCUT2D eigenvalue weighted by molar-refractivity contribution is 0.0528. The second kappa shape index (κ2) is 8.30. The number of nitrogens with one attached hydrogen (secondary N) is 1. The quantitative estimate of drug-likeness (QED) is 0.552. The van der Waals surface area contributed by atoms with Gasteiger partial charge in [-0.05, 0) is 31.5 Å². The molecular weight excluding hydrogens is 420 g/mol. The Morgan fingerprint density at radius 1 is 1.14 bits per heavy atom. The van der Waals surface area contributed by atoms with Crippen molar-refractivity contribution >= 4 is 33.0 Å². The second-order valence-corrected chi connectivity index (χ2v) is 8.62. The minimum absolute atomic E-state index is 0.0656. The molecule has 0 aliphatic heterocycles. The molecule has 0 aliphatic rings. The highest BCUT2D eigenvalue weighted by Crippen LogP contribution is 2.37. The summed E-state index contributed by atoms with van der Waals surface area (Å²) in [6.07, 6.45) is 0. The van der Waals surface area contributed by atoms with Crippen molar-refractivity contribution in [3.8, 4) is 11.1 Å². The van der Waals surface area contributed by atoms with Crippen LogP contribution >= 0.6 is 11.3 Å². The molecule has 2 aromatic carbocycles. The molecule has 0 saturated heterocycles. The third-order valence-corrected chi connectivity index (χ3v) is 6.55. The number of benzene rings is 2. The minimum atomic E-state index is -4.39. The van der Waals surface area contributed by atoms with Gasteiger partial charge in [-0.1, -0.05) is 29.8 Å². The molecule has 0 bridgehead atoms. The van der Waals surface area contributed by atoms with Crippen molar-refractivity contribution in [3.63, 3.8) is 0 Å². The average molecular weight is 437 g/mol. The summed E-state index contributed by atoms with van der Waals surface area (Å²) in [6.45, 7) is 3.56. The molecule has 0 atom stereocenters. The van der Waals surface area contributed by atoms with Gasteiger partial charge in [-0.3, -0.25) is 4.72 Å². The maximum absolute atomic E-state index is 14.0. The fourth-order valence-corrected chi connectivity index (χ4v) is 5.41. The highest BCUT2D eigenvalue weighted by atomic mass is 32.2. The highest BCUT2D eigenvalue weighted by molar-refractivity contribution is 7.93. The van der Waals surface area contributed by atoms with Crippen LogP contribution in [0.3, 0.4) is 0 Å². The fourth-order valence-electron chi connectivity index (χ4n) is 2.65. The molecule has 152 valence electrons. The van der Waals surface area contributed by atoms with E-state index in [1.165, 1.54) is 5.38 Å². The van der Waals surface area contributed by atoms with Crippen molar-refractivity contribution in [1.82, 2.24) is 0 Å². The van der Waals surface area contributed by atoms with E-state index in [9.17, 15) is 22.0 Å². The Hall–Kier alpha value is -2.78. The van der Waals surface area contributed by atoms with E-state index in [-0.39, 0.29) is 21.9 Å². The highest BCUT2D eigenvalue weighted by Gasteiger charge is 2.30. The molecule has 0 fully saturated rings. The van der Waals surface area contributed by atoms with Crippen LogP contribution in [0, 0.1) is 18.6 Å². The van der Waals surface area contributed by atoms with Crippen LogP contribution in [0.5, 0.6) is 0 Å². The number of thiophene rings is 1. The summed E-state index contributed by atoms with van der Waals surface area (Å²) >= 11 is 0.920. The third-order valence-electron chi connectivity index (χ3n) is 4.01. The molecule has 0 aliphatic carbocycles. The number of hydrogen-bond donors (Lipinski definition) is 1. The molecule has 0 amide bonds. The SMILES string of the molecule is CCOC(=O)c1scc(-c2ccc(C)cc2)c1S(=O)(=O)Nc1ccc(F)cc1F. The molecule has 1 N–H and O–H groups in total. The van der Waals surface area contributed by atoms with E-state index in [1.54, 1.807) is 31.2 Å². The van der Waals surface area contributed by atoms with Crippen LogP contribution in [-0.2, 0) is 14.8 Å². The molecule has 0 spiro atoms. The number of rotatable bonds is 6. The van der Waals surface area contributed by atoms with Gasteiger partial charge in [-0.15, -0.1) is 11.3 Å². The lowest BCUT2D eigenvalue weighted by Gasteiger charge is -2.12. The number of aryl methyl sites for hydroxylation is 1. The second-order valence-electron chi connectivity index (χ2n) is 6.12. The number of ether oxygens (including phenoxy) is 1. The largest absolute Gasteiger partial charge is 0.462 e. The first-order valence-corrected chi connectivity index (χ1v) is 10.9. The van der Waals surface area contributed by atoms with Crippen molar-refractivity contribution in [3.05, 3.63) is 69.9 Å². The Labute approximate surface area is 171 Å². The first-order valence-electron chi connectivity index (χ1n) is 8.56. The lowest BCUT2D eigenvalue weighted by atomic mass is 10.1. The normalized spacial score (nSPS) is 11.3. The number of sulfonamides is 1. The van der Waals surface area contributed by atoms with Crippen molar-refractivity contribution in [1.29, 1.82) is 0 Å². The van der Waals surface area contributed by atoms with Gasteiger partial charge in [0.15, 0.2) is 0 Å².